The standard InChI is InChI=1S/C14H18N2O5/c1-3-14(4-2,13(18)19)9-12(17)15-10-5-7-11(8-6-10)16(20)21/h5-8H,3-4,9H2,1-2H3,(H,15,17)(H,18,19). The maximum Gasteiger partial charge on any atom is 0.310 e. The van der Waals surface area contributed by atoms with Crippen LogP contribution < -0.4 is 5.32 Å². The van der Waals surface area contributed by atoms with Crippen molar-refractivity contribution in [2.75, 3.05) is 5.32 Å². The Balaban J connectivity index is 2.77. The molecule has 0 fully saturated rings. The molecule has 0 heterocycles. The molecule has 1 amide bonds. The van der Waals surface area contributed by atoms with Crippen molar-refractivity contribution in [3.8, 4) is 0 Å². The largest absolute Gasteiger partial charge is 0.481 e. The molecular formula is C14H18N2O5. The number of nitrogens with zero attached hydrogens (tertiary/aromatic N) is 1. The number of non-ortho nitro benzene ring substituents is 1. The summed E-state index contributed by atoms with van der Waals surface area (Å²) in [6, 6.07) is 5.38. The molecule has 0 radical (unpaired) electrons. The Morgan fingerprint density at radius 1 is 1.24 bits per heavy atom. The number of aliphatic carboxylic acids is 1. The van der Waals surface area contributed by atoms with Crippen LogP contribution in [0.5, 0.6) is 0 Å². The fourth-order valence-electron chi connectivity index (χ4n) is 2.06. The smallest absolute Gasteiger partial charge is 0.310 e. The van der Waals surface area contributed by atoms with E-state index in [9.17, 15) is 24.8 Å². The first-order chi connectivity index (χ1) is 9.84. The summed E-state index contributed by atoms with van der Waals surface area (Å²) in [6.45, 7) is 3.47. The van der Waals surface area contributed by atoms with E-state index < -0.39 is 22.2 Å². The zero-order valence-corrected chi connectivity index (χ0v) is 12.0. The van der Waals surface area contributed by atoms with Crippen molar-refractivity contribution in [3.63, 3.8) is 0 Å². The van der Waals surface area contributed by atoms with E-state index >= 15 is 0 Å². The molecule has 0 unspecified atom stereocenters. The van der Waals surface area contributed by atoms with Crippen LogP contribution in [0.15, 0.2) is 24.3 Å². The summed E-state index contributed by atoms with van der Waals surface area (Å²) in [6.07, 6.45) is 0.575. The molecular weight excluding hydrogens is 276 g/mol. The maximum absolute atomic E-state index is 12.0. The number of carbonyl (C=O) groups is 2. The first kappa shape index (κ1) is 16.6. The van der Waals surface area contributed by atoms with E-state index in [0.717, 1.165) is 0 Å². The van der Waals surface area contributed by atoms with Gasteiger partial charge in [-0.05, 0) is 25.0 Å². The van der Waals surface area contributed by atoms with E-state index in [0.29, 0.717) is 18.5 Å². The first-order valence-electron chi connectivity index (χ1n) is 6.62. The second kappa shape index (κ2) is 6.83. The second-order valence-corrected chi connectivity index (χ2v) is 4.82. The van der Waals surface area contributed by atoms with Gasteiger partial charge in [-0.25, -0.2) is 0 Å². The number of carbonyl (C=O) groups excluding carboxylic acids is 1. The van der Waals surface area contributed by atoms with Crippen LogP contribution in [-0.2, 0) is 9.59 Å². The predicted octanol–water partition coefficient (Wildman–Crippen LogP) is 2.81. The van der Waals surface area contributed by atoms with E-state index in [1.54, 1.807) is 13.8 Å². The lowest BCUT2D eigenvalue weighted by Crippen LogP contribution is -2.34. The van der Waals surface area contributed by atoms with Crippen molar-refractivity contribution in [2.45, 2.75) is 33.1 Å². The van der Waals surface area contributed by atoms with Crippen LogP contribution in [0, 0.1) is 15.5 Å². The minimum absolute atomic E-state index is 0.0741. The fourth-order valence-corrected chi connectivity index (χ4v) is 2.06. The lowest BCUT2D eigenvalue weighted by Gasteiger charge is -2.25. The Hall–Kier alpha value is -2.44. The summed E-state index contributed by atoms with van der Waals surface area (Å²) in [5, 5.41) is 22.4. The third-order valence-electron chi connectivity index (χ3n) is 3.67. The molecule has 7 heteroatoms. The van der Waals surface area contributed by atoms with Crippen molar-refractivity contribution in [1.29, 1.82) is 0 Å². The number of nitro groups is 1. The predicted molar refractivity (Wildman–Crippen MR) is 77.0 cm³/mol. The van der Waals surface area contributed by atoms with Gasteiger partial charge in [-0.15, -0.1) is 0 Å². The number of amides is 1. The molecule has 0 aromatic heterocycles. The third-order valence-corrected chi connectivity index (χ3v) is 3.67. The highest BCUT2D eigenvalue weighted by Crippen LogP contribution is 2.31. The van der Waals surface area contributed by atoms with E-state index in [4.69, 9.17) is 0 Å². The number of rotatable bonds is 7. The van der Waals surface area contributed by atoms with Gasteiger partial charge < -0.3 is 10.4 Å². The second-order valence-electron chi connectivity index (χ2n) is 4.82. The quantitative estimate of drug-likeness (QED) is 0.593. The van der Waals surface area contributed by atoms with Crippen molar-refractivity contribution in [3.05, 3.63) is 34.4 Å². The molecule has 0 aliphatic rings. The van der Waals surface area contributed by atoms with Crippen LogP contribution in [0.3, 0.4) is 0 Å². The number of benzene rings is 1. The van der Waals surface area contributed by atoms with Gasteiger partial charge in [0, 0.05) is 24.2 Å². The lowest BCUT2D eigenvalue weighted by molar-refractivity contribution is -0.384. The van der Waals surface area contributed by atoms with Gasteiger partial charge in [-0.1, -0.05) is 13.8 Å². The van der Waals surface area contributed by atoms with Crippen LogP contribution in [0.1, 0.15) is 33.1 Å². The van der Waals surface area contributed by atoms with Gasteiger partial charge in [0.15, 0.2) is 0 Å². The Morgan fingerprint density at radius 2 is 1.76 bits per heavy atom. The lowest BCUT2D eigenvalue weighted by atomic mass is 9.79. The van der Waals surface area contributed by atoms with E-state index in [2.05, 4.69) is 5.32 Å². The van der Waals surface area contributed by atoms with Crippen LogP contribution in [0.2, 0.25) is 0 Å². The minimum atomic E-state index is -1.08. The molecule has 2 N–H and O–H groups in total. The summed E-state index contributed by atoms with van der Waals surface area (Å²) in [7, 11) is 0. The molecule has 0 spiro atoms. The zero-order valence-electron chi connectivity index (χ0n) is 12.0. The molecule has 0 saturated carbocycles. The molecule has 21 heavy (non-hydrogen) atoms. The highest BCUT2D eigenvalue weighted by molar-refractivity contribution is 5.94. The maximum atomic E-state index is 12.0. The highest BCUT2D eigenvalue weighted by Gasteiger charge is 2.37. The number of nitro benzene ring substituents is 1. The van der Waals surface area contributed by atoms with Crippen LogP contribution in [0.25, 0.3) is 0 Å². The van der Waals surface area contributed by atoms with Gasteiger partial charge in [-0.2, -0.15) is 0 Å². The normalized spacial score (nSPS) is 11.0. The summed E-state index contributed by atoms with van der Waals surface area (Å²) < 4.78 is 0. The first-order valence-corrected chi connectivity index (χ1v) is 6.62. The molecule has 0 atom stereocenters. The average Bonchev–Trinajstić information content (AvgIpc) is 2.45. The number of nitrogens with one attached hydrogen (secondary N) is 1. The van der Waals surface area contributed by atoms with Gasteiger partial charge in [0.2, 0.25) is 5.91 Å². The monoisotopic (exact) mass is 294 g/mol. The average molecular weight is 294 g/mol. The molecule has 0 aliphatic heterocycles. The molecule has 0 saturated heterocycles. The SMILES string of the molecule is CCC(CC)(CC(=O)Nc1ccc([N+](=O)[O-])cc1)C(=O)O. The summed E-state index contributed by atoms with van der Waals surface area (Å²) in [5.41, 5.74) is -0.752. The Morgan fingerprint density at radius 3 is 2.14 bits per heavy atom. The van der Waals surface area contributed by atoms with E-state index in [-0.39, 0.29) is 12.1 Å². The molecule has 1 aromatic carbocycles. The van der Waals surface area contributed by atoms with E-state index in [1.165, 1.54) is 24.3 Å². The number of hydrogen-bond acceptors (Lipinski definition) is 4. The topological polar surface area (TPSA) is 110 Å². The van der Waals surface area contributed by atoms with Gasteiger partial charge in [0.05, 0.1) is 10.3 Å². The van der Waals surface area contributed by atoms with Crippen LogP contribution >= 0.6 is 0 Å². The Labute approximate surface area is 122 Å². The molecule has 114 valence electrons. The van der Waals surface area contributed by atoms with Gasteiger partial charge in [0.25, 0.3) is 5.69 Å². The summed E-state index contributed by atoms with van der Waals surface area (Å²) in [5.74, 6) is -1.42. The van der Waals surface area contributed by atoms with Crippen molar-refractivity contribution >= 4 is 23.3 Å². The van der Waals surface area contributed by atoms with Crippen LogP contribution in [0.4, 0.5) is 11.4 Å². The molecule has 0 bridgehead atoms. The zero-order chi connectivity index (χ0) is 16.0. The fraction of sp³-hybridized carbons (Fsp3) is 0.429. The van der Waals surface area contributed by atoms with Gasteiger partial charge >= 0.3 is 5.97 Å². The molecule has 0 aliphatic carbocycles. The highest BCUT2D eigenvalue weighted by atomic mass is 16.6. The van der Waals surface area contributed by atoms with Gasteiger partial charge in [0.1, 0.15) is 0 Å². The summed E-state index contributed by atoms with van der Waals surface area (Å²) >= 11 is 0. The minimum Gasteiger partial charge on any atom is -0.481 e. The Kier molecular flexibility index (Phi) is 5.40. The molecule has 7 nitrogen and oxygen atoms in total. The van der Waals surface area contributed by atoms with Gasteiger partial charge in [-0.3, -0.25) is 19.7 Å². The van der Waals surface area contributed by atoms with E-state index in [1.807, 2.05) is 0 Å². The van der Waals surface area contributed by atoms with Crippen molar-refractivity contribution in [1.82, 2.24) is 0 Å². The number of carboxylic acid groups (broad SMARTS) is 1. The number of hydrogen-bond donors (Lipinski definition) is 2. The Bertz CT molecular complexity index is 535. The summed E-state index contributed by atoms with van der Waals surface area (Å²) in [4.78, 5) is 33.3. The third kappa shape index (κ3) is 4.01. The van der Waals surface area contributed by atoms with Crippen LogP contribution in [-0.4, -0.2) is 21.9 Å². The number of anilines is 1. The van der Waals surface area contributed by atoms with Crippen molar-refractivity contribution in [2.24, 2.45) is 5.41 Å². The molecule has 1 aromatic rings. The molecule has 1 rings (SSSR count). The van der Waals surface area contributed by atoms with Crippen molar-refractivity contribution < 1.29 is 19.6 Å². The number of carboxylic acids is 1.